The Morgan fingerprint density at radius 1 is 1.16 bits per heavy atom. The summed E-state index contributed by atoms with van der Waals surface area (Å²) in [6.07, 6.45) is 4.53. The van der Waals surface area contributed by atoms with E-state index in [2.05, 4.69) is 10.0 Å². The summed E-state index contributed by atoms with van der Waals surface area (Å²) in [4.78, 5) is 11.7. The zero-order chi connectivity index (χ0) is 18.3. The molecule has 25 heavy (non-hydrogen) atoms. The zero-order valence-electron chi connectivity index (χ0n) is 14.2. The third-order valence-electron chi connectivity index (χ3n) is 3.20. The van der Waals surface area contributed by atoms with Crippen molar-refractivity contribution in [3.05, 3.63) is 65.6 Å². The third kappa shape index (κ3) is 6.94. The Balaban J connectivity index is 1.85. The second-order valence-corrected chi connectivity index (χ2v) is 7.67. The molecule has 0 saturated carbocycles. The van der Waals surface area contributed by atoms with Crippen LogP contribution in [0.15, 0.2) is 53.2 Å². The van der Waals surface area contributed by atoms with Gasteiger partial charge in [0.05, 0.1) is 12.0 Å². The molecular formula is C18H22N2O4S. The van der Waals surface area contributed by atoms with E-state index in [1.807, 2.05) is 0 Å². The van der Waals surface area contributed by atoms with E-state index >= 15 is 0 Å². The fourth-order valence-corrected chi connectivity index (χ4v) is 3.60. The predicted molar refractivity (Wildman–Crippen MR) is 96.9 cm³/mol. The van der Waals surface area contributed by atoms with Gasteiger partial charge in [-0.25, -0.2) is 13.1 Å². The topological polar surface area (TPSA) is 88.4 Å². The smallest absolute Gasteiger partial charge is 0.244 e. The first-order valence-corrected chi connectivity index (χ1v) is 9.56. The van der Waals surface area contributed by atoms with Crippen molar-refractivity contribution in [2.75, 3.05) is 0 Å². The number of furan rings is 1. The second-order valence-electron chi connectivity index (χ2n) is 5.91. The quantitative estimate of drug-likeness (QED) is 0.706. The van der Waals surface area contributed by atoms with Gasteiger partial charge < -0.3 is 9.73 Å². The highest BCUT2D eigenvalue weighted by Gasteiger charge is 2.12. The van der Waals surface area contributed by atoms with Crippen LogP contribution >= 0.6 is 0 Å². The lowest BCUT2D eigenvalue weighted by atomic mass is 10.1. The van der Waals surface area contributed by atoms with E-state index in [0.29, 0.717) is 17.9 Å². The van der Waals surface area contributed by atoms with Crippen LogP contribution in [0.5, 0.6) is 0 Å². The fourth-order valence-electron chi connectivity index (χ4n) is 2.17. The van der Waals surface area contributed by atoms with Crippen LogP contribution in [-0.2, 0) is 27.1 Å². The number of nitrogens with one attached hydrogen (secondary N) is 2. The Morgan fingerprint density at radius 2 is 1.84 bits per heavy atom. The van der Waals surface area contributed by atoms with E-state index in [0.717, 1.165) is 5.56 Å². The average molecular weight is 362 g/mol. The summed E-state index contributed by atoms with van der Waals surface area (Å²) in [6, 6.07) is 10.5. The first kappa shape index (κ1) is 19.0. The van der Waals surface area contributed by atoms with Gasteiger partial charge in [-0.1, -0.05) is 24.3 Å². The lowest BCUT2D eigenvalue weighted by molar-refractivity contribution is -0.116. The average Bonchev–Trinajstić information content (AvgIpc) is 3.04. The number of rotatable bonds is 8. The Bertz CT molecular complexity index is 807. The van der Waals surface area contributed by atoms with Crippen LogP contribution in [0.25, 0.3) is 6.08 Å². The number of benzene rings is 1. The van der Waals surface area contributed by atoms with Gasteiger partial charge in [-0.3, -0.25) is 4.79 Å². The second kappa shape index (κ2) is 8.64. The Labute approximate surface area is 148 Å². The van der Waals surface area contributed by atoms with Crippen LogP contribution in [0.1, 0.15) is 30.7 Å². The molecule has 0 bridgehead atoms. The van der Waals surface area contributed by atoms with Gasteiger partial charge in [0.1, 0.15) is 5.76 Å². The number of carbonyl (C=O) groups is 1. The van der Waals surface area contributed by atoms with E-state index in [1.54, 1.807) is 56.3 Å². The van der Waals surface area contributed by atoms with Crippen LogP contribution in [0.3, 0.4) is 0 Å². The summed E-state index contributed by atoms with van der Waals surface area (Å²) in [6.45, 7) is 3.92. The minimum Gasteiger partial charge on any atom is -0.465 e. The van der Waals surface area contributed by atoms with Crippen molar-refractivity contribution >= 4 is 22.0 Å². The molecule has 1 aromatic carbocycles. The van der Waals surface area contributed by atoms with Crippen molar-refractivity contribution < 1.29 is 17.6 Å². The van der Waals surface area contributed by atoms with Crippen molar-refractivity contribution in [2.24, 2.45) is 0 Å². The molecule has 0 fully saturated rings. The van der Waals surface area contributed by atoms with Gasteiger partial charge in [-0.05, 0) is 43.2 Å². The lowest BCUT2D eigenvalue weighted by Gasteiger charge is -2.10. The Kier molecular flexibility index (Phi) is 6.55. The molecule has 7 heteroatoms. The number of hydrogen-bond donors (Lipinski definition) is 2. The van der Waals surface area contributed by atoms with Crippen LogP contribution in [0.4, 0.5) is 0 Å². The molecular weight excluding hydrogens is 340 g/mol. The van der Waals surface area contributed by atoms with Crippen molar-refractivity contribution in [1.82, 2.24) is 10.0 Å². The van der Waals surface area contributed by atoms with Crippen molar-refractivity contribution in [1.29, 1.82) is 0 Å². The summed E-state index contributed by atoms with van der Waals surface area (Å²) < 4.78 is 31.4. The molecule has 0 aliphatic carbocycles. The molecule has 0 aliphatic rings. The molecule has 2 rings (SSSR count). The molecule has 1 amide bonds. The highest BCUT2D eigenvalue weighted by Crippen LogP contribution is 2.08. The van der Waals surface area contributed by atoms with Gasteiger partial charge in [0.25, 0.3) is 0 Å². The first-order chi connectivity index (χ1) is 11.8. The van der Waals surface area contributed by atoms with Gasteiger partial charge >= 0.3 is 0 Å². The Morgan fingerprint density at radius 3 is 2.44 bits per heavy atom. The molecule has 1 heterocycles. The third-order valence-corrected chi connectivity index (χ3v) is 4.75. The Hall–Kier alpha value is -2.38. The van der Waals surface area contributed by atoms with Crippen molar-refractivity contribution in [3.8, 4) is 0 Å². The monoisotopic (exact) mass is 362 g/mol. The van der Waals surface area contributed by atoms with Gasteiger partial charge in [0, 0.05) is 18.7 Å². The highest BCUT2D eigenvalue weighted by molar-refractivity contribution is 7.88. The maximum absolute atomic E-state index is 11.9. The molecule has 2 N–H and O–H groups in total. The van der Waals surface area contributed by atoms with E-state index in [9.17, 15) is 13.2 Å². The van der Waals surface area contributed by atoms with Crippen molar-refractivity contribution in [3.63, 3.8) is 0 Å². The van der Waals surface area contributed by atoms with Gasteiger partial charge in [-0.2, -0.15) is 0 Å². The molecule has 2 aromatic rings. The SMILES string of the molecule is CC(C)NS(=O)(=O)Cc1ccc(CNC(=O)/C=C/c2ccco2)cc1. The molecule has 0 atom stereocenters. The molecule has 1 aromatic heterocycles. The van der Waals surface area contributed by atoms with E-state index in [4.69, 9.17) is 4.42 Å². The molecule has 0 aliphatic heterocycles. The minimum atomic E-state index is -3.34. The molecule has 0 spiro atoms. The molecule has 134 valence electrons. The predicted octanol–water partition coefficient (Wildman–Crippen LogP) is 2.44. The summed E-state index contributed by atoms with van der Waals surface area (Å²) in [5.41, 5.74) is 1.58. The first-order valence-electron chi connectivity index (χ1n) is 7.91. The van der Waals surface area contributed by atoms with Crippen molar-refractivity contribution in [2.45, 2.75) is 32.2 Å². The number of carbonyl (C=O) groups excluding carboxylic acids is 1. The van der Waals surface area contributed by atoms with Gasteiger partial charge in [-0.15, -0.1) is 0 Å². The molecule has 6 nitrogen and oxygen atoms in total. The normalized spacial score (nSPS) is 12.0. The van der Waals surface area contributed by atoms with E-state index < -0.39 is 10.0 Å². The van der Waals surface area contributed by atoms with E-state index in [1.165, 1.54) is 12.3 Å². The lowest BCUT2D eigenvalue weighted by Crippen LogP contribution is -2.31. The van der Waals surface area contributed by atoms with Crippen LogP contribution in [-0.4, -0.2) is 20.4 Å². The highest BCUT2D eigenvalue weighted by atomic mass is 32.2. The van der Waals surface area contributed by atoms with Crippen LogP contribution in [0, 0.1) is 0 Å². The van der Waals surface area contributed by atoms with E-state index in [-0.39, 0.29) is 17.7 Å². The summed E-state index contributed by atoms with van der Waals surface area (Å²) in [7, 11) is -3.34. The summed E-state index contributed by atoms with van der Waals surface area (Å²) in [5.74, 6) is 0.309. The number of sulfonamides is 1. The van der Waals surface area contributed by atoms with Crippen LogP contribution < -0.4 is 10.0 Å². The molecule has 0 saturated heterocycles. The number of hydrogen-bond acceptors (Lipinski definition) is 4. The standard InChI is InChI=1S/C18H22N2O4S/c1-14(2)20-25(22,23)13-16-7-5-15(6-8-16)12-19-18(21)10-9-17-4-3-11-24-17/h3-11,14,20H,12-13H2,1-2H3,(H,19,21)/b10-9+. The van der Waals surface area contributed by atoms with Crippen LogP contribution in [0.2, 0.25) is 0 Å². The zero-order valence-corrected chi connectivity index (χ0v) is 15.0. The largest absolute Gasteiger partial charge is 0.465 e. The summed E-state index contributed by atoms with van der Waals surface area (Å²) in [5, 5.41) is 2.76. The molecule has 0 radical (unpaired) electrons. The fraction of sp³-hybridized carbons (Fsp3) is 0.278. The summed E-state index contributed by atoms with van der Waals surface area (Å²) >= 11 is 0. The minimum absolute atomic E-state index is 0.0658. The maximum atomic E-state index is 11.9. The molecule has 0 unspecified atom stereocenters. The van der Waals surface area contributed by atoms with Gasteiger partial charge in [0.15, 0.2) is 0 Å². The number of amides is 1. The van der Waals surface area contributed by atoms with Gasteiger partial charge in [0.2, 0.25) is 15.9 Å². The maximum Gasteiger partial charge on any atom is 0.244 e.